The van der Waals surface area contributed by atoms with Crippen LogP contribution in [0.5, 0.6) is 0 Å². The smallest absolute Gasteiger partial charge is 0.0543 e. The van der Waals surface area contributed by atoms with Gasteiger partial charge in [-0.3, -0.25) is 4.21 Å². The van der Waals surface area contributed by atoms with Crippen molar-refractivity contribution < 1.29 is 4.21 Å². The molecule has 0 bridgehead atoms. The van der Waals surface area contributed by atoms with Gasteiger partial charge in [0.15, 0.2) is 0 Å². The SMILES string of the molecule is CCC1CS(=O)C2CCCc3ccccc3C2N1. The van der Waals surface area contributed by atoms with Crippen molar-refractivity contribution in [3.8, 4) is 0 Å². The topological polar surface area (TPSA) is 29.1 Å². The van der Waals surface area contributed by atoms with Gasteiger partial charge >= 0.3 is 0 Å². The molecule has 2 aliphatic rings. The fourth-order valence-electron chi connectivity index (χ4n) is 3.27. The lowest BCUT2D eigenvalue weighted by molar-refractivity contribution is 0.405. The van der Waals surface area contributed by atoms with E-state index in [1.165, 1.54) is 17.5 Å². The molecule has 3 rings (SSSR count). The third-order valence-electron chi connectivity index (χ3n) is 4.31. The van der Waals surface area contributed by atoms with Crippen molar-refractivity contribution in [1.82, 2.24) is 5.32 Å². The molecule has 2 nitrogen and oxygen atoms in total. The van der Waals surface area contributed by atoms with Crippen molar-refractivity contribution in [2.75, 3.05) is 5.75 Å². The van der Waals surface area contributed by atoms with E-state index in [2.05, 4.69) is 36.5 Å². The Bertz CT molecular complexity index is 460. The molecule has 1 aromatic carbocycles. The minimum Gasteiger partial charge on any atom is -0.305 e. The van der Waals surface area contributed by atoms with Crippen LogP contribution in [0, 0.1) is 0 Å². The van der Waals surface area contributed by atoms with Crippen LogP contribution in [0.15, 0.2) is 24.3 Å². The lowest BCUT2D eigenvalue weighted by Crippen LogP contribution is -2.49. The zero-order chi connectivity index (χ0) is 12.5. The van der Waals surface area contributed by atoms with E-state index in [9.17, 15) is 4.21 Å². The van der Waals surface area contributed by atoms with E-state index in [-0.39, 0.29) is 0 Å². The maximum atomic E-state index is 12.4. The van der Waals surface area contributed by atoms with E-state index in [0.717, 1.165) is 25.0 Å². The molecule has 1 heterocycles. The van der Waals surface area contributed by atoms with E-state index in [0.29, 0.717) is 17.3 Å². The summed E-state index contributed by atoms with van der Waals surface area (Å²) in [6, 6.07) is 9.41. The molecule has 0 amide bonds. The van der Waals surface area contributed by atoms with Gasteiger partial charge in [-0.25, -0.2) is 0 Å². The summed E-state index contributed by atoms with van der Waals surface area (Å²) in [5.74, 6) is 0.833. The van der Waals surface area contributed by atoms with Crippen molar-refractivity contribution in [3.63, 3.8) is 0 Å². The van der Waals surface area contributed by atoms with Gasteiger partial charge in [-0.1, -0.05) is 31.2 Å². The predicted octanol–water partition coefficient (Wildman–Crippen LogP) is 2.56. The maximum Gasteiger partial charge on any atom is 0.0543 e. The summed E-state index contributed by atoms with van der Waals surface area (Å²) in [7, 11) is -0.668. The Morgan fingerprint density at radius 3 is 3.06 bits per heavy atom. The molecule has 18 heavy (non-hydrogen) atoms. The number of hydrogen-bond acceptors (Lipinski definition) is 2. The fourth-order valence-corrected chi connectivity index (χ4v) is 5.20. The summed E-state index contributed by atoms with van der Waals surface area (Å²) < 4.78 is 12.4. The molecular weight excluding hydrogens is 242 g/mol. The first-order valence-corrected chi connectivity index (χ1v) is 8.39. The molecule has 4 atom stereocenters. The number of fused-ring (bicyclic) bond motifs is 3. The minimum absolute atomic E-state index is 0.309. The van der Waals surface area contributed by atoms with Crippen LogP contribution in [0.4, 0.5) is 0 Å². The monoisotopic (exact) mass is 263 g/mol. The lowest BCUT2D eigenvalue weighted by atomic mass is 9.97. The highest BCUT2D eigenvalue weighted by Gasteiger charge is 2.37. The fraction of sp³-hybridized carbons (Fsp3) is 0.600. The highest BCUT2D eigenvalue weighted by atomic mass is 32.2. The molecule has 98 valence electrons. The van der Waals surface area contributed by atoms with Crippen LogP contribution in [-0.2, 0) is 17.2 Å². The van der Waals surface area contributed by atoms with Gasteiger partial charge in [0.25, 0.3) is 0 Å². The van der Waals surface area contributed by atoms with Crippen LogP contribution in [-0.4, -0.2) is 21.3 Å². The number of hydrogen-bond donors (Lipinski definition) is 1. The van der Waals surface area contributed by atoms with Gasteiger partial charge < -0.3 is 5.32 Å². The third-order valence-corrected chi connectivity index (χ3v) is 6.22. The molecule has 3 heteroatoms. The standard InChI is InChI=1S/C15H21NOS/c1-2-12-10-18(17)14-9-5-7-11-6-3-4-8-13(11)15(14)16-12/h3-4,6,8,12,14-16H,2,5,7,9-10H2,1H3. The van der Waals surface area contributed by atoms with Crippen molar-refractivity contribution in [1.29, 1.82) is 0 Å². The van der Waals surface area contributed by atoms with Crippen LogP contribution in [0.3, 0.4) is 0 Å². The second kappa shape index (κ2) is 5.14. The molecule has 0 spiro atoms. The Hall–Kier alpha value is -0.670. The summed E-state index contributed by atoms with van der Waals surface area (Å²) in [5.41, 5.74) is 2.85. The van der Waals surface area contributed by atoms with Crippen LogP contribution in [0.25, 0.3) is 0 Å². The first kappa shape index (κ1) is 12.4. The van der Waals surface area contributed by atoms with Crippen molar-refractivity contribution in [2.45, 2.75) is 49.9 Å². The summed E-state index contributed by atoms with van der Waals surface area (Å²) >= 11 is 0. The molecule has 0 aromatic heterocycles. The number of rotatable bonds is 1. The van der Waals surface area contributed by atoms with Crippen LogP contribution in [0.1, 0.15) is 43.4 Å². The molecule has 4 unspecified atom stereocenters. The highest BCUT2D eigenvalue weighted by molar-refractivity contribution is 7.85. The molecule has 0 saturated carbocycles. The predicted molar refractivity (Wildman–Crippen MR) is 76.1 cm³/mol. The Kier molecular flexibility index (Phi) is 3.53. The Morgan fingerprint density at radius 1 is 1.39 bits per heavy atom. The number of nitrogens with one attached hydrogen (secondary N) is 1. The van der Waals surface area contributed by atoms with E-state index < -0.39 is 10.8 Å². The number of aryl methyl sites for hydroxylation is 1. The zero-order valence-electron chi connectivity index (χ0n) is 10.9. The minimum atomic E-state index is -0.668. The van der Waals surface area contributed by atoms with E-state index >= 15 is 0 Å². The molecular formula is C15H21NOS. The van der Waals surface area contributed by atoms with E-state index in [4.69, 9.17) is 0 Å². The van der Waals surface area contributed by atoms with Gasteiger partial charge in [0.1, 0.15) is 0 Å². The van der Waals surface area contributed by atoms with Gasteiger partial charge in [0.2, 0.25) is 0 Å². The first-order valence-electron chi connectivity index (χ1n) is 7.00. The Labute approximate surface area is 112 Å². The van der Waals surface area contributed by atoms with Crippen molar-refractivity contribution >= 4 is 10.8 Å². The number of benzene rings is 1. The molecule has 1 saturated heterocycles. The first-order chi connectivity index (χ1) is 8.79. The summed E-state index contributed by atoms with van der Waals surface area (Å²) in [4.78, 5) is 0. The van der Waals surface area contributed by atoms with E-state index in [1.807, 2.05) is 0 Å². The normalized spacial score (nSPS) is 35.4. The van der Waals surface area contributed by atoms with Gasteiger partial charge in [-0.15, -0.1) is 0 Å². The van der Waals surface area contributed by atoms with Gasteiger partial charge in [-0.2, -0.15) is 0 Å². The molecule has 0 radical (unpaired) electrons. The average molecular weight is 263 g/mol. The van der Waals surface area contributed by atoms with Gasteiger partial charge in [0.05, 0.1) is 5.25 Å². The second-order valence-electron chi connectivity index (χ2n) is 5.43. The summed E-state index contributed by atoms with van der Waals surface area (Å²) in [6.07, 6.45) is 4.47. The highest BCUT2D eigenvalue weighted by Crippen LogP contribution is 2.35. The second-order valence-corrected chi connectivity index (χ2v) is 7.13. The molecule has 1 aliphatic heterocycles. The molecule has 1 aromatic rings. The molecule has 1 fully saturated rings. The van der Waals surface area contributed by atoms with Gasteiger partial charge in [0, 0.05) is 28.6 Å². The largest absolute Gasteiger partial charge is 0.305 e. The van der Waals surface area contributed by atoms with Crippen LogP contribution < -0.4 is 5.32 Å². The molecule has 1 aliphatic carbocycles. The van der Waals surface area contributed by atoms with Crippen LogP contribution >= 0.6 is 0 Å². The maximum absolute atomic E-state index is 12.4. The van der Waals surface area contributed by atoms with Gasteiger partial charge in [-0.05, 0) is 36.8 Å². The third kappa shape index (κ3) is 2.14. The van der Waals surface area contributed by atoms with E-state index in [1.54, 1.807) is 0 Å². The summed E-state index contributed by atoms with van der Waals surface area (Å²) in [5, 5.41) is 4.05. The molecule has 1 N–H and O–H groups in total. The van der Waals surface area contributed by atoms with Crippen molar-refractivity contribution in [3.05, 3.63) is 35.4 Å². The average Bonchev–Trinajstić information content (AvgIpc) is 2.58. The van der Waals surface area contributed by atoms with Crippen LogP contribution in [0.2, 0.25) is 0 Å². The Balaban J connectivity index is 1.99. The zero-order valence-corrected chi connectivity index (χ0v) is 11.7. The summed E-state index contributed by atoms with van der Waals surface area (Å²) in [6.45, 7) is 2.18. The lowest BCUT2D eigenvalue weighted by Gasteiger charge is -2.36. The Morgan fingerprint density at radius 2 is 2.22 bits per heavy atom. The van der Waals surface area contributed by atoms with Crippen molar-refractivity contribution in [2.24, 2.45) is 0 Å². The quantitative estimate of drug-likeness (QED) is 0.843.